The fourth-order valence-electron chi connectivity index (χ4n) is 1.26. The Labute approximate surface area is 94.5 Å². The smallest absolute Gasteiger partial charge is 0.389 e. The van der Waals surface area contributed by atoms with Crippen LogP contribution in [0.5, 0.6) is 0 Å². The van der Waals surface area contributed by atoms with E-state index in [9.17, 15) is 18.3 Å². The van der Waals surface area contributed by atoms with E-state index in [0.717, 1.165) is 12.8 Å². The Kier molecular flexibility index (Phi) is 6.68. The summed E-state index contributed by atoms with van der Waals surface area (Å²) in [6.45, 7) is 1.69. The van der Waals surface area contributed by atoms with E-state index in [-0.39, 0.29) is 6.42 Å². The van der Waals surface area contributed by atoms with Crippen molar-refractivity contribution in [3.63, 3.8) is 0 Å². The van der Waals surface area contributed by atoms with Gasteiger partial charge >= 0.3 is 6.18 Å². The van der Waals surface area contributed by atoms with Gasteiger partial charge in [-0.2, -0.15) is 25.8 Å². The molecule has 0 aliphatic heterocycles. The average Bonchev–Trinajstić information content (AvgIpc) is 2.09. The molecule has 0 rings (SSSR count). The highest BCUT2D eigenvalue weighted by Crippen LogP contribution is 2.23. The van der Waals surface area contributed by atoms with Gasteiger partial charge in [0.2, 0.25) is 0 Å². The van der Waals surface area contributed by atoms with Crippen LogP contribution in [-0.2, 0) is 0 Å². The van der Waals surface area contributed by atoms with Crippen LogP contribution in [0, 0.1) is 0 Å². The van der Waals surface area contributed by atoms with Crippen LogP contribution in [0.4, 0.5) is 13.2 Å². The summed E-state index contributed by atoms with van der Waals surface area (Å²) in [7, 11) is 0. The molecule has 92 valence electrons. The van der Waals surface area contributed by atoms with Gasteiger partial charge in [-0.15, -0.1) is 0 Å². The van der Waals surface area contributed by atoms with Crippen molar-refractivity contribution >= 4 is 12.6 Å². The average molecular weight is 244 g/mol. The van der Waals surface area contributed by atoms with Gasteiger partial charge < -0.3 is 5.11 Å². The molecule has 15 heavy (non-hydrogen) atoms. The second-order valence-corrected chi connectivity index (χ2v) is 4.50. The van der Waals surface area contributed by atoms with Gasteiger partial charge in [-0.05, 0) is 19.8 Å². The molecule has 0 aromatic carbocycles. The number of unbranched alkanes of at least 4 members (excludes halogenated alkanes) is 3. The fourth-order valence-corrected chi connectivity index (χ4v) is 1.42. The zero-order valence-electron chi connectivity index (χ0n) is 8.98. The summed E-state index contributed by atoms with van der Waals surface area (Å²) in [4.78, 5) is 0. The lowest BCUT2D eigenvalue weighted by molar-refractivity contribution is -0.135. The van der Waals surface area contributed by atoms with E-state index < -0.39 is 18.2 Å². The molecular weight excluding hydrogens is 225 g/mol. The third-order valence-electron chi connectivity index (χ3n) is 2.27. The predicted octanol–water partition coefficient (Wildman–Crippen LogP) is 3.57. The summed E-state index contributed by atoms with van der Waals surface area (Å²) in [5.74, 6) is 0.384. The second-order valence-electron chi connectivity index (χ2n) is 4.18. The highest BCUT2D eigenvalue weighted by atomic mass is 32.1. The Morgan fingerprint density at radius 2 is 1.47 bits per heavy atom. The minimum atomic E-state index is -4.03. The highest BCUT2D eigenvalue weighted by molar-refractivity contribution is 7.80. The molecule has 0 heterocycles. The highest BCUT2D eigenvalue weighted by Gasteiger charge is 2.25. The van der Waals surface area contributed by atoms with E-state index >= 15 is 0 Å². The zero-order valence-corrected chi connectivity index (χ0v) is 9.87. The molecule has 1 nitrogen and oxygen atoms in total. The number of thiol groups is 1. The molecule has 0 aliphatic carbocycles. The molecule has 0 aromatic rings. The molecule has 0 aliphatic rings. The van der Waals surface area contributed by atoms with Crippen LogP contribution >= 0.6 is 12.6 Å². The summed E-state index contributed by atoms with van der Waals surface area (Å²) in [5, 5.41) is 9.55. The minimum absolute atomic E-state index is 0.187. The second kappa shape index (κ2) is 6.63. The molecule has 0 saturated carbocycles. The maximum absolute atomic E-state index is 11.8. The molecule has 1 atom stereocenters. The monoisotopic (exact) mass is 244 g/mol. The minimum Gasteiger partial charge on any atom is -0.389 e. The molecule has 0 bridgehead atoms. The third-order valence-corrected chi connectivity index (χ3v) is 2.95. The molecule has 5 heteroatoms. The van der Waals surface area contributed by atoms with Gasteiger partial charge in [0.1, 0.15) is 0 Å². The molecule has 0 fully saturated rings. The number of halogens is 3. The van der Waals surface area contributed by atoms with Gasteiger partial charge in [0.05, 0.1) is 5.60 Å². The Balaban J connectivity index is 3.33. The van der Waals surface area contributed by atoms with Crippen LogP contribution in [-0.4, -0.2) is 22.6 Å². The summed E-state index contributed by atoms with van der Waals surface area (Å²) in [6, 6.07) is 0. The van der Waals surface area contributed by atoms with Crippen molar-refractivity contribution in [1.29, 1.82) is 0 Å². The first-order valence-corrected chi connectivity index (χ1v) is 5.80. The van der Waals surface area contributed by atoms with E-state index in [0.29, 0.717) is 18.6 Å². The Morgan fingerprint density at radius 1 is 1.00 bits per heavy atom. The van der Waals surface area contributed by atoms with Crippen LogP contribution in [0.2, 0.25) is 0 Å². The first kappa shape index (κ1) is 15.1. The first-order chi connectivity index (χ1) is 6.77. The number of hydrogen-bond donors (Lipinski definition) is 2. The predicted molar refractivity (Wildman–Crippen MR) is 58.2 cm³/mol. The Hall–Kier alpha value is 0.100. The van der Waals surface area contributed by atoms with Crippen molar-refractivity contribution in [3.05, 3.63) is 0 Å². The quantitative estimate of drug-likeness (QED) is 0.518. The summed E-state index contributed by atoms with van der Waals surface area (Å²) < 4.78 is 35.3. The first-order valence-electron chi connectivity index (χ1n) is 5.17. The van der Waals surface area contributed by atoms with E-state index in [1.807, 2.05) is 0 Å². The maximum atomic E-state index is 11.8. The SMILES string of the molecule is CC(O)(CS)CCCCCCC(F)(F)F. The Morgan fingerprint density at radius 3 is 1.87 bits per heavy atom. The number of aliphatic hydroxyl groups is 1. The van der Waals surface area contributed by atoms with Gasteiger partial charge in [0, 0.05) is 12.2 Å². The van der Waals surface area contributed by atoms with E-state index in [1.165, 1.54) is 0 Å². The molecule has 1 unspecified atom stereocenters. The van der Waals surface area contributed by atoms with Gasteiger partial charge in [0.25, 0.3) is 0 Å². The van der Waals surface area contributed by atoms with Crippen molar-refractivity contribution in [2.24, 2.45) is 0 Å². The molecular formula is C10H19F3OS. The lowest BCUT2D eigenvalue weighted by atomic mass is 10.00. The van der Waals surface area contributed by atoms with Gasteiger partial charge in [-0.25, -0.2) is 0 Å². The number of rotatable bonds is 7. The molecule has 0 aromatic heterocycles. The van der Waals surface area contributed by atoms with Crippen LogP contribution in [0.25, 0.3) is 0 Å². The van der Waals surface area contributed by atoms with Crippen LogP contribution < -0.4 is 0 Å². The van der Waals surface area contributed by atoms with Crippen molar-refractivity contribution in [3.8, 4) is 0 Å². The summed E-state index contributed by atoms with van der Waals surface area (Å²) in [5.41, 5.74) is -0.785. The largest absolute Gasteiger partial charge is 0.389 e. The van der Waals surface area contributed by atoms with E-state index in [4.69, 9.17) is 0 Å². The van der Waals surface area contributed by atoms with Crippen LogP contribution in [0.15, 0.2) is 0 Å². The molecule has 0 radical (unpaired) electrons. The molecule has 0 amide bonds. The van der Waals surface area contributed by atoms with Crippen LogP contribution in [0.1, 0.15) is 45.4 Å². The van der Waals surface area contributed by atoms with Crippen molar-refractivity contribution in [1.82, 2.24) is 0 Å². The van der Waals surface area contributed by atoms with Gasteiger partial charge in [-0.1, -0.05) is 19.3 Å². The topological polar surface area (TPSA) is 20.2 Å². The maximum Gasteiger partial charge on any atom is 0.389 e. The molecule has 0 saturated heterocycles. The fraction of sp³-hybridized carbons (Fsp3) is 1.00. The lowest BCUT2D eigenvalue weighted by Crippen LogP contribution is -2.25. The van der Waals surface area contributed by atoms with Crippen molar-refractivity contribution in [2.45, 2.75) is 57.2 Å². The van der Waals surface area contributed by atoms with Crippen molar-refractivity contribution in [2.75, 3.05) is 5.75 Å². The van der Waals surface area contributed by atoms with Gasteiger partial charge in [0.15, 0.2) is 0 Å². The van der Waals surface area contributed by atoms with Gasteiger partial charge in [-0.3, -0.25) is 0 Å². The van der Waals surface area contributed by atoms with E-state index in [1.54, 1.807) is 6.92 Å². The number of hydrogen-bond acceptors (Lipinski definition) is 2. The Bertz CT molecular complexity index is 169. The molecule has 0 spiro atoms. The van der Waals surface area contributed by atoms with Crippen LogP contribution in [0.3, 0.4) is 0 Å². The molecule has 1 N–H and O–H groups in total. The zero-order chi connectivity index (χ0) is 11.9. The number of alkyl halides is 3. The third kappa shape index (κ3) is 10.4. The normalized spacial score (nSPS) is 16.4. The standard InChI is InChI=1S/C10H19F3OS/c1-9(14,8-15)6-4-2-3-5-7-10(11,12)13/h14-15H,2-8H2,1H3. The lowest BCUT2D eigenvalue weighted by Gasteiger charge is -2.20. The van der Waals surface area contributed by atoms with E-state index in [2.05, 4.69) is 12.6 Å². The summed E-state index contributed by atoms with van der Waals surface area (Å²) >= 11 is 3.98. The summed E-state index contributed by atoms with van der Waals surface area (Å²) in [6.07, 6.45) is -1.88. The van der Waals surface area contributed by atoms with Crippen molar-refractivity contribution < 1.29 is 18.3 Å².